The second kappa shape index (κ2) is 6.26. The van der Waals surface area contributed by atoms with Crippen molar-refractivity contribution in [3.63, 3.8) is 0 Å². The molecule has 6 heteroatoms. The molecule has 2 fully saturated rings. The predicted octanol–water partition coefficient (Wildman–Crippen LogP) is 1.97. The lowest BCUT2D eigenvalue weighted by molar-refractivity contribution is -0.147. The van der Waals surface area contributed by atoms with Gasteiger partial charge in [0.2, 0.25) is 0 Å². The molecule has 2 amide bonds. The minimum absolute atomic E-state index is 0.0620. The van der Waals surface area contributed by atoms with Crippen LogP contribution in [0, 0.1) is 0 Å². The molecule has 2 aliphatic heterocycles. The molecule has 1 N–H and O–H groups in total. The third kappa shape index (κ3) is 3.10. The smallest absolute Gasteiger partial charge is 0.313 e. The number of nitrogens with zero attached hydrogens (tertiary/aromatic N) is 2. The van der Waals surface area contributed by atoms with E-state index >= 15 is 0 Å². The van der Waals surface area contributed by atoms with E-state index in [2.05, 4.69) is 10.2 Å². The van der Waals surface area contributed by atoms with Gasteiger partial charge in [0.15, 0.2) is 0 Å². The van der Waals surface area contributed by atoms with Crippen LogP contribution in [0.5, 0.6) is 0 Å². The highest BCUT2D eigenvalue weighted by atomic mass is 35.5. The Kier molecular flexibility index (Phi) is 4.36. The lowest BCUT2D eigenvalue weighted by atomic mass is 10.1. The van der Waals surface area contributed by atoms with E-state index in [-0.39, 0.29) is 6.04 Å². The molecular formula is C16H20ClN3O2. The Balaban J connectivity index is 1.66. The quantitative estimate of drug-likeness (QED) is 0.805. The number of hydrogen-bond donors (Lipinski definition) is 1. The molecule has 1 aromatic rings. The molecule has 2 saturated heterocycles. The highest BCUT2D eigenvalue weighted by molar-refractivity contribution is 6.39. The van der Waals surface area contributed by atoms with Crippen LogP contribution in [0.1, 0.15) is 19.8 Å². The first kappa shape index (κ1) is 15.3. The zero-order valence-corrected chi connectivity index (χ0v) is 13.3. The van der Waals surface area contributed by atoms with E-state index in [9.17, 15) is 9.59 Å². The van der Waals surface area contributed by atoms with Crippen LogP contribution in [-0.2, 0) is 9.59 Å². The summed E-state index contributed by atoms with van der Waals surface area (Å²) in [6.07, 6.45) is 2.28. The molecule has 0 spiro atoms. The maximum absolute atomic E-state index is 12.4. The number of fused-ring (bicyclic) bond motifs is 1. The molecule has 3 rings (SSSR count). The topological polar surface area (TPSA) is 52.7 Å². The number of rotatable bonds is 1. The maximum Gasteiger partial charge on any atom is 0.313 e. The van der Waals surface area contributed by atoms with Crippen LogP contribution in [0.15, 0.2) is 24.3 Å². The van der Waals surface area contributed by atoms with E-state index in [1.165, 1.54) is 6.42 Å². The van der Waals surface area contributed by atoms with Gasteiger partial charge in [-0.2, -0.15) is 0 Å². The van der Waals surface area contributed by atoms with Gasteiger partial charge in [-0.1, -0.05) is 17.7 Å². The lowest BCUT2D eigenvalue weighted by Crippen LogP contribution is -2.58. The van der Waals surface area contributed by atoms with Gasteiger partial charge < -0.3 is 10.2 Å². The molecule has 0 aliphatic carbocycles. The highest BCUT2D eigenvalue weighted by Gasteiger charge is 2.38. The lowest BCUT2D eigenvalue weighted by Gasteiger charge is -2.41. The number of hydrogen-bond acceptors (Lipinski definition) is 3. The van der Waals surface area contributed by atoms with Crippen molar-refractivity contribution < 1.29 is 9.59 Å². The maximum atomic E-state index is 12.4. The zero-order chi connectivity index (χ0) is 15.7. The van der Waals surface area contributed by atoms with Crippen molar-refractivity contribution in [2.45, 2.75) is 31.8 Å². The van der Waals surface area contributed by atoms with Crippen LogP contribution in [0.2, 0.25) is 5.02 Å². The minimum Gasteiger partial charge on any atom is -0.329 e. The monoisotopic (exact) mass is 321 g/mol. The van der Waals surface area contributed by atoms with Crippen LogP contribution in [-0.4, -0.2) is 53.3 Å². The van der Waals surface area contributed by atoms with Crippen molar-refractivity contribution in [2.24, 2.45) is 0 Å². The Hall–Kier alpha value is -1.59. The number of nitrogens with one attached hydrogen (secondary N) is 1. The van der Waals surface area contributed by atoms with Crippen LogP contribution in [0.25, 0.3) is 0 Å². The van der Waals surface area contributed by atoms with Gasteiger partial charge in [-0.05, 0) is 44.5 Å². The molecule has 0 saturated carbocycles. The van der Waals surface area contributed by atoms with Gasteiger partial charge >= 0.3 is 11.8 Å². The molecule has 0 aromatic heterocycles. The molecule has 2 aliphatic rings. The minimum atomic E-state index is -0.597. The van der Waals surface area contributed by atoms with Gasteiger partial charge in [0, 0.05) is 35.9 Å². The van der Waals surface area contributed by atoms with E-state index in [1.54, 1.807) is 29.2 Å². The van der Waals surface area contributed by atoms with Crippen molar-refractivity contribution >= 4 is 29.1 Å². The summed E-state index contributed by atoms with van der Waals surface area (Å²) in [5, 5.41) is 3.16. The third-order valence-corrected chi connectivity index (χ3v) is 4.71. The summed E-state index contributed by atoms with van der Waals surface area (Å²) in [6.45, 7) is 4.59. The van der Waals surface area contributed by atoms with Gasteiger partial charge in [-0.25, -0.2) is 0 Å². The number of benzene rings is 1. The molecule has 2 heterocycles. The second-order valence-corrected chi connectivity index (χ2v) is 6.50. The molecule has 0 bridgehead atoms. The average molecular weight is 322 g/mol. The van der Waals surface area contributed by atoms with Crippen LogP contribution in [0.3, 0.4) is 0 Å². The molecule has 0 radical (unpaired) electrons. The summed E-state index contributed by atoms with van der Waals surface area (Å²) >= 11 is 5.89. The Morgan fingerprint density at radius 3 is 2.91 bits per heavy atom. The normalized spacial score (nSPS) is 24.9. The van der Waals surface area contributed by atoms with E-state index in [4.69, 9.17) is 11.6 Å². The predicted molar refractivity (Wildman–Crippen MR) is 85.9 cm³/mol. The van der Waals surface area contributed by atoms with Crippen molar-refractivity contribution in [1.29, 1.82) is 0 Å². The molecule has 22 heavy (non-hydrogen) atoms. The number of carbonyl (C=O) groups excluding carboxylic acids is 2. The van der Waals surface area contributed by atoms with Gasteiger partial charge in [-0.3, -0.25) is 14.5 Å². The third-order valence-electron chi connectivity index (χ3n) is 4.47. The van der Waals surface area contributed by atoms with Gasteiger partial charge in [0.1, 0.15) is 0 Å². The summed E-state index contributed by atoms with van der Waals surface area (Å²) < 4.78 is 0. The van der Waals surface area contributed by atoms with E-state index in [0.717, 1.165) is 19.5 Å². The Morgan fingerprint density at radius 1 is 1.32 bits per heavy atom. The average Bonchev–Trinajstić information content (AvgIpc) is 2.92. The first-order valence-electron chi connectivity index (χ1n) is 7.66. The van der Waals surface area contributed by atoms with Crippen molar-refractivity contribution in [1.82, 2.24) is 9.80 Å². The number of amides is 2. The summed E-state index contributed by atoms with van der Waals surface area (Å²) in [5.74, 6) is -1.06. The Labute approximate surface area is 135 Å². The van der Waals surface area contributed by atoms with E-state index in [1.807, 2.05) is 6.92 Å². The first-order chi connectivity index (χ1) is 10.5. The molecule has 1 aromatic carbocycles. The van der Waals surface area contributed by atoms with E-state index in [0.29, 0.717) is 23.3 Å². The Morgan fingerprint density at radius 2 is 2.14 bits per heavy atom. The number of anilines is 1. The van der Waals surface area contributed by atoms with Crippen molar-refractivity contribution in [2.75, 3.05) is 25.0 Å². The fourth-order valence-electron chi connectivity index (χ4n) is 3.35. The summed E-state index contributed by atoms with van der Waals surface area (Å²) in [7, 11) is 0. The molecule has 118 valence electrons. The summed E-state index contributed by atoms with van der Waals surface area (Å²) in [6, 6.07) is 7.27. The van der Waals surface area contributed by atoms with E-state index < -0.39 is 11.8 Å². The standard InChI is InChI=1S/C16H20ClN3O2/c1-11-9-19-7-3-6-14(19)10-20(11)16(22)15(21)18-13-5-2-4-12(17)8-13/h2,4-5,8,11,14H,3,6-7,9-10H2,1H3,(H,18,21)/t11-,14-/m1/s1. The van der Waals surface area contributed by atoms with Gasteiger partial charge in [-0.15, -0.1) is 0 Å². The van der Waals surface area contributed by atoms with Crippen molar-refractivity contribution in [3.05, 3.63) is 29.3 Å². The number of carbonyl (C=O) groups is 2. The molecule has 5 nitrogen and oxygen atoms in total. The highest BCUT2D eigenvalue weighted by Crippen LogP contribution is 2.24. The Bertz CT molecular complexity index is 593. The fraction of sp³-hybridized carbons (Fsp3) is 0.500. The van der Waals surface area contributed by atoms with Gasteiger partial charge in [0.05, 0.1) is 0 Å². The molecule has 0 unspecified atom stereocenters. The summed E-state index contributed by atoms with van der Waals surface area (Å²) in [4.78, 5) is 28.8. The zero-order valence-electron chi connectivity index (χ0n) is 12.6. The molecular weight excluding hydrogens is 302 g/mol. The fourth-order valence-corrected chi connectivity index (χ4v) is 3.54. The number of piperazine rings is 1. The molecule has 2 atom stereocenters. The van der Waals surface area contributed by atoms with Gasteiger partial charge in [0.25, 0.3) is 0 Å². The summed E-state index contributed by atoms with van der Waals surface area (Å²) in [5.41, 5.74) is 0.540. The SMILES string of the molecule is C[C@@H]1CN2CCC[C@@H]2CN1C(=O)C(=O)Nc1cccc(Cl)c1. The van der Waals surface area contributed by atoms with Crippen LogP contribution >= 0.6 is 11.6 Å². The first-order valence-corrected chi connectivity index (χ1v) is 8.04. The second-order valence-electron chi connectivity index (χ2n) is 6.06. The number of halogens is 1. The largest absolute Gasteiger partial charge is 0.329 e. The van der Waals surface area contributed by atoms with Crippen molar-refractivity contribution in [3.8, 4) is 0 Å². The van der Waals surface area contributed by atoms with Crippen LogP contribution < -0.4 is 5.32 Å². The van der Waals surface area contributed by atoms with Crippen LogP contribution in [0.4, 0.5) is 5.69 Å².